The van der Waals surface area contributed by atoms with Crippen molar-refractivity contribution >= 4 is 29.5 Å². The highest BCUT2D eigenvalue weighted by Crippen LogP contribution is 2.38. The SMILES string of the molecule is COc1cccc(C=NNC(=O)C2CCCN(C(=S)NNC3CC4C=CC3C4)CC2)c1O. The van der Waals surface area contributed by atoms with Gasteiger partial charge in [-0.15, -0.1) is 0 Å². The molecule has 4 unspecified atom stereocenters. The number of carbonyl (C=O) groups excluding carboxylic acids is 1. The number of nitrogens with one attached hydrogen (secondary N) is 3. The average molecular weight is 458 g/mol. The molecule has 2 bridgehead atoms. The second-order valence-corrected chi connectivity index (χ2v) is 9.10. The van der Waals surface area contributed by atoms with Gasteiger partial charge in [0, 0.05) is 30.6 Å². The third-order valence-corrected chi connectivity index (χ3v) is 7.02. The number of fused-ring (bicyclic) bond motifs is 2. The molecule has 0 aromatic heterocycles. The van der Waals surface area contributed by atoms with Crippen LogP contribution in [0.15, 0.2) is 35.5 Å². The van der Waals surface area contributed by atoms with E-state index in [9.17, 15) is 9.90 Å². The van der Waals surface area contributed by atoms with Gasteiger partial charge in [-0.25, -0.2) is 10.9 Å². The quantitative estimate of drug-likeness (QED) is 0.225. The van der Waals surface area contributed by atoms with Crippen LogP contribution in [-0.2, 0) is 4.79 Å². The van der Waals surface area contributed by atoms with Crippen molar-refractivity contribution < 1.29 is 14.6 Å². The molecular weight excluding hydrogens is 426 g/mol. The number of allylic oxidation sites excluding steroid dienone is 1. The Hall–Kier alpha value is -2.65. The first kappa shape index (κ1) is 22.5. The standard InChI is InChI=1S/C23H31N5O3S/c1-31-20-6-2-4-18(21(20)29)14-24-26-22(30)16-5-3-10-28(11-9-16)23(32)27-25-19-13-15-7-8-17(19)12-15/h2,4,6-8,14-17,19,25,29H,3,5,9-13H2,1H3,(H,26,30)(H,27,32). The summed E-state index contributed by atoms with van der Waals surface area (Å²) in [7, 11) is 1.49. The summed E-state index contributed by atoms with van der Waals surface area (Å²) in [6, 6.07) is 5.55. The number of phenols is 1. The Morgan fingerprint density at radius 3 is 2.91 bits per heavy atom. The largest absolute Gasteiger partial charge is 0.504 e. The minimum atomic E-state index is -0.123. The number of rotatable bonds is 6. The maximum atomic E-state index is 12.6. The summed E-state index contributed by atoms with van der Waals surface area (Å²) in [5, 5.41) is 14.8. The second-order valence-electron chi connectivity index (χ2n) is 8.71. The van der Waals surface area contributed by atoms with E-state index in [0.29, 0.717) is 40.7 Å². The van der Waals surface area contributed by atoms with E-state index in [2.05, 4.69) is 38.4 Å². The first-order valence-electron chi connectivity index (χ1n) is 11.2. The van der Waals surface area contributed by atoms with Crippen molar-refractivity contribution in [2.45, 2.75) is 38.1 Å². The molecule has 4 rings (SSSR count). The van der Waals surface area contributed by atoms with Crippen LogP contribution in [0, 0.1) is 17.8 Å². The molecule has 8 nitrogen and oxygen atoms in total. The molecule has 1 saturated carbocycles. The van der Waals surface area contributed by atoms with E-state index < -0.39 is 0 Å². The Morgan fingerprint density at radius 1 is 1.28 bits per heavy atom. The molecule has 0 spiro atoms. The highest BCUT2D eigenvalue weighted by molar-refractivity contribution is 7.80. The molecule has 1 aromatic rings. The number of likely N-dealkylation sites (tertiary alicyclic amines) is 1. The van der Waals surface area contributed by atoms with E-state index in [1.165, 1.54) is 19.7 Å². The molecule has 3 aliphatic rings. The zero-order chi connectivity index (χ0) is 22.5. The van der Waals surface area contributed by atoms with Gasteiger partial charge in [-0.1, -0.05) is 18.2 Å². The molecule has 0 radical (unpaired) electrons. The Bertz CT molecular complexity index is 906. The van der Waals surface area contributed by atoms with Crippen LogP contribution in [0.5, 0.6) is 11.5 Å². The van der Waals surface area contributed by atoms with E-state index in [1.807, 2.05) is 0 Å². The Labute approximate surface area is 194 Å². The van der Waals surface area contributed by atoms with Crippen molar-refractivity contribution in [1.29, 1.82) is 0 Å². The van der Waals surface area contributed by atoms with E-state index in [0.717, 1.165) is 32.4 Å². The summed E-state index contributed by atoms with van der Waals surface area (Å²) < 4.78 is 5.08. The number of hydrogen-bond acceptors (Lipinski definition) is 6. The Balaban J connectivity index is 1.22. The van der Waals surface area contributed by atoms with Gasteiger partial charge in [0.05, 0.1) is 13.3 Å². The van der Waals surface area contributed by atoms with Gasteiger partial charge in [-0.3, -0.25) is 10.2 Å². The second kappa shape index (κ2) is 10.3. The molecule has 1 saturated heterocycles. The summed E-state index contributed by atoms with van der Waals surface area (Å²) in [4.78, 5) is 14.7. The monoisotopic (exact) mass is 457 g/mol. The Morgan fingerprint density at radius 2 is 2.16 bits per heavy atom. The first-order valence-corrected chi connectivity index (χ1v) is 11.6. The minimum Gasteiger partial charge on any atom is -0.504 e. The number of benzene rings is 1. The summed E-state index contributed by atoms with van der Waals surface area (Å²) in [6.45, 7) is 1.55. The van der Waals surface area contributed by atoms with Crippen molar-refractivity contribution in [3.05, 3.63) is 35.9 Å². The number of phenolic OH excluding ortho intramolecular Hbond substituents is 1. The average Bonchev–Trinajstić information content (AvgIpc) is 3.33. The Kier molecular flexibility index (Phi) is 7.26. The molecule has 1 aromatic carbocycles. The zero-order valence-corrected chi connectivity index (χ0v) is 19.1. The third kappa shape index (κ3) is 5.21. The van der Waals surface area contributed by atoms with Gasteiger partial charge in [0.15, 0.2) is 16.6 Å². The van der Waals surface area contributed by atoms with Crippen LogP contribution in [0.1, 0.15) is 37.7 Å². The lowest BCUT2D eigenvalue weighted by molar-refractivity contribution is -0.125. The topological polar surface area (TPSA) is 98.2 Å². The predicted octanol–water partition coefficient (Wildman–Crippen LogP) is 2.30. The summed E-state index contributed by atoms with van der Waals surface area (Å²) in [5.41, 5.74) is 9.73. The lowest BCUT2D eigenvalue weighted by Crippen LogP contribution is -2.51. The minimum absolute atomic E-state index is 0.00539. The van der Waals surface area contributed by atoms with Crippen molar-refractivity contribution in [2.24, 2.45) is 22.9 Å². The molecule has 4 N–H and O–H groups in total. The van der Waals surface area contributed by atoms with Crippen LogP contribution in [0.25, 0.3) is 0 Å². The first-order chi connectivity index (χ1) is 15.5. The molecule has 9 heteroatoms. The van der Waals surface area contributed by atoms with Crippen LogP contribution < -0.4 is 21.0 Å². The number of amides is 1. The van der Waals surface area contributed by atoms with Gasteiger partial charge in [0.2, 0.25) is 5.91 Å². The number of carbonyl (C=O) groups is 1. The van der Waals surface area contributed by atoms with Crippen molar-refractivity contribution in [1.82, 2.24) is 21.2 Å². The molecule has 1 amide bonds. The normalized spacial score (nSPS) is 26.8. The fourth-order valence-electron chi connectivity index (χ4n) is 4.81. The van der Waals surface area contributed by atoms with Crippen LogP contribution in [0.3, 0.4) is 0 Å². The molecular formula is C23H31N5O3S. The summed E-state index contributed by atoms with van der Waals surface area (Å²) in [6.07, 6.45) is 10.8. The van der Waals surface area contributed by atoms with Gasteiger partial charge >= 0.3 is 0 Å². The number of thiocarbonyl (C=S) groups is 1. The van der Waals surface area contributed by atoms with Gasteiger partial charge < -0.3 is 14.7 Å². The smallest absolute Gasteiger partial charge is 0.243 e. The van der Waals surface area contributed by atoms with E-state index in [1.54, 1.807) is 18.2 Å². The number of methoxy groups -OCH3 is 1. The van der Waals surface area contributed by atoms with Crippen molar-refractivity contribution in [3.63, 3.8) is 0 Å². The van der Waals surface area contributed by atoms with E-state index in [4.69, 9.17) is 17.0 Å². The van der Waals surface area contributed by atoms with Gasteiger partial charge in [-0.05, 0) is 68.3 Å². The van der Waals surface area contributed by atoms with Crippen molar-refractivity contribution in [3.8, 4) is 11.5 Å². The predicted molar refractivity (Wildman–Crippen MR) is 127 cm³/mol. The lowest BCUT2D eigenvalue weighted by Gasteiger charge is -2.27. The fourth-order valence-corrected chi connectivity index (χ4v) is 5.05. The summed E-state index contributed by atoms with van der Waals surface area (Å²) >= 11 is 5.59. The molecule has 2 fully saturated rings. The van der Waals surface area contributed by atoms with E-state index >= 15 is 0 Å². The molecule has 1 heterocycles. The highest BCUT2D eigenvalue weighted by Gasteiger charge is 2.35. The van der Waals surface area contributed by atoms with Gasteiger partial charge in [-0.2, -0.15) is 5.10 Å². The van der Waals surface area contributed by atoms with Crippen LogP contribution >= 0.6 is 12.2 Å². The highest BCUT2D eigenvalue weighted by atomic mass is 32.1. The number of ether oxygens (including phenoxy) is 1. The third-order valence-electron chi connectivity index (χ3n) is 6.66. The molecule has 2 aliphatic carbocycles. The number of nitrogens with zero attached hydrogens (tertiary/aromatic N) is 2. The number of hydrazone groups is 1. The van der Waals surface area contributed by atoms with Crippen LogP contribution in [-0.4, -0.2) is 53.5 Å². The molecule has 4 atom stereocenters. The lowest BCUT2D eigenvalue weighted by atomic mass is 10.0. The number of para-hydroxylation sites is 1. The number of hydrogen-bond donors (Lipinski definition) is 4. The molecule has 1 aliphatic heterocycles. The van der Waals surface area contributed by atoms with Crippen LogP contribution in [0.2, 0.25) is 0 Å². The fraction of sp³-hybridized carbons (Fsp3) is 0.522. The number of hydrazine groups is 1. The summed E-state index contributed by atoms with van der Waals surface area (Å²) in [5.74, 6) is 1.43. The van der Waals surface area contributed by atoms with E-state index in [-0.39, 0.29) is 17.6 Å². The maximum absolute atomic E-state index is 12.6. The zero-order valence-electron chi connectivity index (χ0n) is 18.3. The maximum Gasteiger partial charge on any atom is 0.243 e. The number of aromatic hydroxyl groups is 1. The van der Waals surface area contributed by atoms with Gasteiger partial charge in [0.25, 0.3) is 0 Å². The molecule has 172 valence electrons. The molecule has 32 heavy (non-hydrogen) atoms. The van der Waals surface area contributed by atoms with Crippen molar-refractivity contribution in [2.75, 3.05) is 20.2 Å². The van der Waals surface area contributed by atoms with Gasteiger partial charge in [0.1, 0.15) is 0 Å². The van der Waals surface area contributed by atoms with Crippen LogP contribution in [0.4, 0.5) is 0 Å².